The summed E-state index contributed by atoms with van der Waals surface area (Å²) >= 11 is 0. The highest BCUT2D eigenvalue weighted by Gasteiger charge is 2.30. The van der Waals surface area contributed by atoms with Crippen molar-refractivity contribution in [2.45, 2.75) is 25.4 Å². The molecule has 9 heteroatoms. The molecule has 6 nitrogen and oxygen atoms in total. The van der Waals surface area contributed by atoms with E-state index in [1.165, 1.54) is 11.0 Å². The summed E-state index contributed by atoms with van der Waals surface area (Å²) in [6.07, 6.45) is -3.31. The molecular weight excluding hydrogens is 327 g/mol. The Labute approximate surface area is 135 Å². The zero-order valence-corrected chi connectivity index (χ0v) is 12.7. The molecule has 0 aromatic heterocycles. The van der Waals surface area contributed by atoms with E-state index in [0.717, 1.165) is 6.07 Å². The smallest absolute Gasteiger partial charge is 0.322 e. The van der Waals surface area contributed by atoms with Gasteiger partial charge in [-0.2, -0.15) is 0 Å². The fraction of sp³-hybridized carbons (Fsp3) is 0.467. The second-order valence-electron chi connectivity index (χ2n) is 5.66. The maximum Gasteiger partial charge on any atom is 0.322 e. The van der Waals surface area contributed by atoms with Gasteiger partial charge in [0.25, 0.3) is 6.43 Å². The van der Waals surface area contributed by atoms with Crippen LogP contribution in [-0.2, 0) is 16.0 Å². The molecule has 0 bridgehead atoms. The van der Waals surface area contributed by atoms with Gasteiger partial charge in [-0.3, -0.25) is 4.79 Å². The average Bonchev–Trinajstić information content (AvgIpc) is 2.55. The number of urea groups is 1. The van der Waals surface area contributed by atoms with Gasteiger partial charge in [0.1, 0.15) is 11.9 Å². The van der Waals surface area contributed by atoms with Crippen LogP contribution in [0.4, 0.5) is 29.3 Å². The summed E-state index contributed by atoms with van der Waals surface area (Å²) in [5, 5.41) is 4.96. The van der Waals surface area contributed by atoms with E-state index >= 15 is 0 Å². The number of halogens is 3. The molecule has 3 rings (SSSR count). The summed E-state index contributed by atoms with van der Waals surface area (Å²) < 4.78 is 44.4. The van der Waals surface area contributed by atoms with Gasteiger partial charge in [0, 0.05) is 18.7 Å². The van der Waals surface area contributed by atoms with Crippen molar-refractivity contribution in [3.8, 4) is 0 Å². The van der Waals surface area contributed by atoms with Gasteiger partial charge in [-0.1, -0.05) is 0 Å². The van der Waals surface area contributed by atoms with E-state index in [2.05, 4.69) is 10.6 Å². The van der Waals surface area contributed by atoms with Crippen LogP contribution in [0.5, 0.6) is 0 Å². The lowest BCUT2D eigenvalue weighted by Gasteiger charge is -2.32. The van der Waals surface area contributed by atoms with Crippen LogP contribution in [0.25, 0.3) is 0 Å². The number of aryl methyl sites for hydroxylation is 1. The van der Waals surface area contributed by atoms with Gasteiger partial charge in [-0.05, 0) is 24.1 Å². The Bertz CT molecular complexity index is 669. The summed E-state index contributed by atoms with van der Waals surface area (Å²) in [6.45, 7) is -0.106. The molecule has 2 aliphatic heterocycles. The highest BCUT2D eigenvalue weighted by Crippen LogP contribution is 2.28. The minimum absolute atomic E-state index is 0.00112. The van der Waals surface area contributed by atoms with Crippen LogP contribution >= 0.6 is 0 Å². The average molecular weight is 343 g/mol. The Morgan fingerprint density at radius 3 is 2.92 bits per heavy atom. The number of rotatable bonds is 2. The molecule has 1 unspecified atom stereocenters. The number of carbonyl (C=O) groups is 2. The standard InChI is InChI=1S/C15H16F3N3O3/c16-9-6-10-8(1-2-13(22)19-10)5-11(9)20-15(23)21-3-4-24-12(7-21)14(17)18/h5-6,12,14H,1-4,7H2,(H,19,22)(H,20,23). The third kappa shape index (κ3) is 3.45. The van der Waals surface area contributed by atoms with Crippen LogP contribution in [0.1, 0.15) is 12.0 Å². The molecule has 1 aromatic rings. The topological polar surface area (TPSA) is 70.7 Å². The van der Waals surface area contributed by atoms with Crippen molar-refractivity contribution in [1.82, 2.24) is 4.90 Å². The first-order valence-corrected chi connectivity index (χ1v) is 7.52. The molecule has 1 fully saturated rings. The molecule has 1 atom stereocenters. The molecule has 0 saturated carbocycles. The lowest BCUT2D eigenvalue weighted by molar-refractivity contribution is -0.116. The van der Waals surface area contributed by atoms with Gasteiger partial charge in [-0.25, -0.2) is 18.0 Å². The summed E-state index contributed by atoms with van der Waals surface area (Å²) in [4.78, 5) is 24.7. The summed E-state index contributed by atoms with van der Waals surface area (Å²) in [7, 11) is 0. The lowest BCUT2D eigenvalue weighted by Crippen LogP contribution is -2.49. The fourth-order valence-corrected chi connectivity index (χ4v) is 2.70. The minimum atomic E-state index is -2.69. The Balaban J connectivity index is 1.71. The molecule has 24 heavy (non-hydrogen) atoms. The third-order valence-electron chi connectivity index (χ3n) is 3.99. The number of carbonyl (C=O) groups excluding carboxylic acids is 2. The van der Waals surface area contributed by atoms with Crippen LogP contribution in [0.15, 0.2) is 12.1 Å². The van der Waals surface area contributed by atoms with Crippen molar-refractivity contribution in [2.75, 3.05) is 30.3 Å². The Hall–Kier alpha value is -2.29. The number of hydrogen-bond donors (Lipinski definition) is 2. The van der Waals surface area contributed by atoms with Crippen molar-refractivity contribution < 1.29 is 27.5 Å². The Morgan fingerprint density at radius 1 is 1.38 bits per heavy atom. The van der Waals surface area contributed by atoms with Crippen molar-refractivity contribution in [1.29, 1.82) is 0 Å². The molecule has 130 valence electrons. The molecule has 2 N–H and O–H groups in total. The second kappa shape index (κ2) is 6.68. The Kier molecular flexibility index (Phi) is 4.61. The van der Waals surface area contributed by atoms with Crippen LogP contribution in [0.2, 0.25) is 0 Å². The Morgan fingerprint density at radius 2 is 2.17 bits per heavy atom. The van der Waals surface area contributed by atoms with Gasteiger partial charge in [0.2, 0.25) is 5.91 Å². The first-order chi connectivity index (χ1) is 11.4. The molecule has 2 aliphatic rings. The molecule has 0 aliphatic carbocycles. The second-order valence-corrected chi connectivity index (χ2v) is 5.66. The molecule has 0 radical (unpaired) electrons. The van der Waals surface area contributed by atoms with E-state index in [4.69, 9.17) is 4.74 Å². The lowest BCUT2D eigenvalue weighted by atomic mass is 10.0. The largest absolute Gasteiger partial charge is 0.369 e. The van der Waals surface area contributed by atoms with E-state index in [0.29, 0.717) is 17.7 Å². The van der Waals surface area contributed by atoms with Crippen molar-refractivity contribution in [3.05, 3.63) is 23.5 Å². The van der Waals surface area contributed by atoms with E-state index in [-0.39, 0.29) is 37.7 Å². The quantitative estimate of drug-likeness (QED) is 0.865. The molecule has 1 aromatic carbocycles. The van der Waals surface area contributed by atoms with Gasteiger partial charge in [-0.15, -0.1) is 0 Å². The molecule has 1 saturated heterocycles. The summed E-state index contributed by atoms with van der Waals surface area (Å²) in [5.41, 5.74) is 1.04. The number of fused-ring (bicyclic) bond motifs is 1. The number of ether oxygens (including phenoxy) is 1. The van der Waals surface area contributed by atoms with Gasteiger partial charge in [0.05, 0.1) is 18.8 Å². The van der Waals surface area contributed by atoms with Crippen molar-refractivity contribution in [3.63, 3.8) is 0 Å². The van der Waals surface area contributed by atoms with Crippen LogP contribution in [0.3, 0.4) is 0 Å². The van der Waals surface area contributed by atoms with Crippen molar-refractivity contribution >= 4 is 23.3 Å². The number of alkyl halides is 2. The SMILES string of the molecule is O=C1CCc2cc(NC(=O)N3CCOC(C(F)F)C3)c(F)cc2N1. The number of nitrogens with zero attached hydrogens (tertiary/aromatic N) is 1. The first-order valence-electron chi connectivity index (χ1n) is 7.52. The van der Waals surface area contributed by atoms with Crippen LogP contribution < -0.4 is 10.6 Å². The minimum Gasteiger partial charge on any atom is -0.369 e. The van der Waals surface area contributed by atoms with Gasteiger partial charge >= 0.3 is 6.03 Å². The van der Waals surface area contributed by atoms with Crippen molar-refractivity contribution in [2.24, 2.45) is 0 Å². The predicted molar refractivity (Wildman–Crippen MR) is 79.7 cm³/mol. The molecular formula is C15H16F3N3O3. The predicted octanol–water partition coefficient (Wildman–Crippen LogP) is 2.21. The number of nitrogens with one attached hydrogen (secondary N) is 2. The molecule has 2 heterocycles. The third-order valence-corrected chi connectivity index (χ3v) is 3.99. The van der Waals surface area contributed by atoms with E-state index < -0.39 is 24.4 Å². The highest BCUT2D eigenvalue weighted by molar-refractivity contribution is 5.95. The van der Waals surface area contributed by atoms with Gasteiger partial charge < -0.3 is 20.3 Å². The normalized spacial score (nSPS) is 20.6. The number of hydrogen-bond acceptors (Lipinski definition) is 3. The zero-order chi connectivity index (χ0) is 17.3. The number of anilines is 2. The number of benzene rings is 1. The van der Waals surface area contributed by atoms with E-state index in [1.54, 1.807) is 0 Å². The van der Waals surface area contributed by atoms with E-state index in [9.17, 15) is 22.8 Å². The number of morpholine rings is 1. The van der Waals surface area contributed by atoms with Gasteiger partial charge in [0.15, 0.2) is 0 Å². The maximum atomic E-state index is 14.1. The summed E-state index contributed by atoms with van der Waals surface area (Å²) in [5.74, 6) is -0.895. The van der Waals surface area contributed by atoms with Crippen LogP contribution in [0, 0.1) is 5.82 Å². The molecule has 3 amide bonds. The molecule has 0 spiro atoms. The summed E-state index contributed by atoms with van der Waals surface area (Å²) in [6, 6.07) is 1.93. The monoisotopic (exact) mass is 343 g/mol. The first kappa shape index (κ1) is 16.6. The highest BCUT2D eigenvalue weighted by atomic mass is 19.3. The van der Waals surface area contributed by atoms with Crippen LogP contribution in [-0.4, -0.2) is 49.1 Å². The zero-order valence-electron chi connectivity index (χ0n) is 12.7. The fourth-order valence-electron chi connectivity index (χ4n) is 2.70. The van der Waals surface area contributed by atoms with E-state index in [1.807, 2.05) is 0 Å². The maximum absolute atomic E-state index is 14.1. The number of amides is 3.